The minimum Gasteiger partial charge on any atom is -0.486 e. The summed E-state index contributed by atoms with van der Waals surface area (Å²) in [6.45, 7) is 0.259. The van der Waals surface area contributed by atoms with Gasteiger partial charge in [0.25, 0.3) is 0 Å². The number of halogens is 3. The third-order valence-electron chi connectivity index (χ3n) is 2.62. The van der Waals surface area contributed by atoms with Crippen molar-refractivity contribution in [2.45, 2.75) is 6.61 Å². The van der Waals surface area contributed by atoms with Crippen molar-refractivity contribution >= 4 is 52.0 Å². The summed E-state index contributed by atoms with van der Waals surface area (Å²) in [7, 11) is 0. The zero-order valence-electron chi connectivity index (χ0n) is 10.2. The van der Waals surface area contributed by atoms with Crippen LogP contribution in [0.25, 0.3) is 0 Å². The molecule has 0 aliphatic heterocycles. The molecule has 0 spiro atoms. The molecule has 0 heterocycles. The van der Waals surface area contributed by atoms with Gasteiger partial charge in [0.15, 0.2) is 5.75 Å². The molecule has 0 bridgehead atoms. The molecule has 0 aliphatic carbocycles. The Kier molecular flexibility index (Phi) is 5.11. The lowest BCUT2D eigenvalue weighted by molar-refractivity contribution is 0.306. The Bertz CT molecular complexity index is 638. The van der Waals surface area contributed by atoms with Gasteiger partial charge in [0, 0.05) is 10.6 Å². The molecule has 0 amide bonds. The van der Waals surface area contributed by atoms with Gasteiger partial charge in [-0.3, -0.25) is 0 Å². The highest BCUT2D eigenvalue weighted by molar-refractivity contribution is 7.80. The van der Waals surface area contributed by atoms with Crippen LogP contribution in [0.15, 0.2) is 36.4 Å². The van der Waals surface area contributed by atoms with Crippen molar-refractivity contribution in [2.24, 2.45) is 5.73 Å². The fourth-order valence-electron chi connectivity index (χ4n) is 1.70. The molecule has 2 N–H and O–H groups in total. The first kappa shape index (κ1) is 15.4. The SMILES string of the molecule is NC(=S)c1ccccc1COc1c(Cl)cc(Cl)cc1Cl. The number of rotatable bonds is 4. The minimum atomic E-state index is 0.259. The van der Waals surface area contributed by atoms with Crippen LogP contribution in [-0.2, 0) is 6.61 Å². The number of thiocarbonyl (C=S) groups is 1. The number of hydrogen-bond acceptors (Lipinski definition) is 2. The molecule has 104 valence electrons. The predicted octanol–water partition coefficient (Wildman–Crippen LogP) is 4.86. The van der Waals surface area contributed by atoms with Crippen LogP contribution < -0.4 is 10.5 Å². The van der Waals surface area contributed by atoms with Gasteiger partial charge in [-0.2, -0.15) is 0 Å². The highest BCUT2D eigenvalue weighted by atomic mass is 35.5. The maximum atomic E-state index is 6.06. The molecule has 0 radical (unpaired) electrons. The second kappa shape index (κ2) is 6.64. The van der Waals surface area contributed by atoms with Crippen LogP contribution in [-0.4, -0.2) is 4.99 Å². The largest absolute Gasteiger partial charge is 0.486 e. The normalized spacial score (nSPS) is 10.3. The average Bonchev–Trinajstić information content (AvgIpc) is 2.37. The first-order valence-electron chi connectivity index (χ1n) is 5.64. The van der Waals surface area contributed by atoms with Crippen molar-refractivity contribution in [3.05, 3.63) is 62.6 Å². The second-order valence-corrected chi connectivity index (χ2v) is 5.70. The van der Waals surface area contributed by atoms with Crippen molar-refractivity contribution in [1.82, 2.24) is 0 Å². The quantitative estimate of drug-likeness (QED) is 0.803. The molecule has 0 atom stereocenters. The number of nitrogens with two attached hydrogens (primary N) is 1. The molecule has 0 unspecified atom stereocenters. The van der Waals surface area contributed by atoms with E-state index in [4.69, 9.17) is 57.5 Å². The van der Waals surface area contributed by atoms with Crippen LogP contribution in [0.3, 0.4) is 0 Å². The lowest BCUT2D eigenvalue weighted by Gasteiger charge is -2.12. The fraction of sp³-hybridized carbons (Fsp3) is 0.0714. The van der Waals surface area contributed by atoms with Crippen LogP contribution in [0, 0.1) is 0 Å². The van der Waals surface area contributed by atoms with E-state index in [0.717, 1.165) is 11.1 Å². The van der Waals surface area contributed by atoms with Crippen molar-refractivity contribution in [3.63, 3.8) is 0 Å². The van der Waals surface area contributed by atoms with Gasteiger partial charge in [-0.25, -0.2) is 0 Å². The molecule has 6 heteroatoms. The fourth-order valence-corrected chi connectivity index (χ4v) is 2.83. The third kappa shape index (κ3) is 3.55. The zero-order chi connectivity index (χ0) is 14.7. The van der Waals surface area contributed by atoms with E-state index in [-0.39, 0.29) is 6.61 Å². The summed E-state index contributed by atoms with van der Waals surface area (Å²) in [5, 5.41) is 1.17. The van der Waals surface area contributed by atoms with Crippen LogP contribution in [0.2, 0.25) is 15.1 Å². The van der Waals surface area contributed by atoms with Crippen molar-refractivity contribution in [3.8, 4) is 5.75 Å². The van der Waals surface area contributed by atoms with E-state index in [0.29, 0.717) is 25.8 Å². The Hall–Kier alpha value is -1.000. The summed E-state index contributed by atoms with van der Waals surface area (Å²) in [5.74, 6) is 0.385. The van der Waals surface area contributed by atoms with Crippen molar-refractivity contribution in [1.29, 1.82) is 0 Å². The van der Waals surface area contributed by atoms with E-state index >= 15 is 0 Å². The number of benzene rings is 2. The molecule has 0 aliphatic rings. The van der Waals surface area contributed by atoms with Gasteiger partial charge in [0.2, 0.25) is 0 Å². The molecule has 2 rings (SSSR count). The molecule has 20 heavy (non-hydrogen) atoms. The first-order valence-corrected chi connectivity index (χ1v) is 7.18. The Balaban J connectivity index is 2.24. The van der Waals surface area contributed by atoms with Gasteiger partial charge in [0.1, 0.15) is 11.6 Å². The Labute approximate surface area is 137 Å². The summed E-state index contributed by atoms with van der Waals surface area (Å²) in [6.07, 6.45) is 0. The Morgan fingerprint density at radius 3 is 2.30 bits per heavy atom. The van der Waals surface area contributed by atoms with Crippen molar-refractivity contribution < 1.29 is 4.74 Å². The second-order valence-electron chi connectivity index (χ2n) is 4.01. The number of ether oxygens (including phenoxy) is 1. The minimum absolute atomic E-state index is 0.259. The highest BCUT2D eigenvalue weighted by Gasteiger charge is 2.11. The smallest absolute Gasteiger partial charge is 0.157 e. The van der Waals surface area contributed by atoms with Crippen molar-refractivity contribution in [2.75, 3.05) is 0 Å². The van der Waals surface area contributed by atoms with E-state index < -0.39 is 0 Å². The maximum Gasteiger partial charge on any atom is 0.157 e. The monoisotopic (exact) mass is 345 g/mol. The van der Waals surface area contributed by atoms with Gasteiger partial charge in [-0.05, 0) is 17.7 Å². The molecule has 0 fully saturated rings. The highest BCUT2D eigenvalue weighted by Crippen LogP contribution is 2.36. The van der Waals surface area contributed by atoms with E-state index in [9.17, 15) is 0 Å². The molecule has 0 saturated carbocycles. The molecular formula is C14H10Cl3NOS. The van der Waals surface area contributed by atoms with Gasteiger partial charge >= 0.3 is 0 Å². The van der Waals surface area contributed by atoms with E-state index in [1.165, 1.54) is 0 Å². The average molecular weight is 347 g/mol. The van der Waals surface area contributed by atoms with Crippen LogP contribution in [0.4, 0.5) is 0 Å². The Morgan fingerprint density at radius 1 is 1.10 bits per heavy atom. The lowest BCUT2D eigenvalue weighted by atomic mass is 10.1. The van der Waals surface area contributed by atoms with E-state index in [1.54, 1.807) is 12.1 Å². The lowest BCUT2D eigenvalue weighted by Crippen LogP contribution is -2.13. The van der Waals surface area contributed by atoms with Crippen LogP contribution in [0.5, 0.6) is 5.75 Å². The maximum absolute atomic E-state index is 6.06. The summed E-state index contributed by atoms with van der Waals surface area (Å²) in [5.41, 5.74) is 7.30. The molecule has 2 aromatic rings. The van der Waals surface area contributed by atoms with Gasteiger partial charge in [0.05, 0.1) is 10.0 Å². The van der Waals surface area contributed by atoms with Gasteiger partial charge < -0.3 is 10.5 Å². The molecule has 0 saturated heterocycles. The first-order chi connectivity index (χ1) is 9.49. The summed E-state index contributed by atoms with van der Waals surface area (Å²) < 4.78 is 5.66. The molecule has 2 nitrogen and oxygen atoms in total. The predicted molar refractivity (Wildman–Crippen MR) is 88.1 cm³/mol. The molecule has 2 aromatic carbocycles. The molecule has 0 aromatic heterocycles. The standard InChI is InChI=1S/C14H10Cl3NOS/c15-9-5-11(16)13(12(17)6-9)19-7-8-3-1-2-4-10(8)14(18)20/h1-6H,7H2,(H2,18,20). The summed E-state index contributed by atoms with van der Waals surface area (Å²) in [4.78, 5) is 0.317. The van der Waals surface area contributed by atoms with Crippen LogP contribution >= 0.6 is 47.0 Å². The summed E-state index contributed by atoms with van der Waals surface area (Å²) >= 11 is 23.0. The van der Waals surface area contributed by atoms with Gasteiger partial charge in [-0.1, -0.05) is 71.3 Å². The summed E-state index contributed by atoms with van der Waals surface area (Å²) in [6, 6.07) is 10.6. The molecular weight excluding hydrogens is 337 g/mol. The van der Waals surface area contributed by atoms with Crippen LogP contribution in [0.1, 0.15) is 11.1 Å². The van der Waals surface area contributed by atoms with E-state index in [1.807, 2.05) is 24.3 Å². The third-order valence-corrected chi connectivity index (χ3v) is 3.62. The Morgan fingerprint density at radius 2 is 1.70 bits per heavy atom. The topological polar surface area (TPSA) is 35.2 Å². The van der Waals surface area contributed by atoms with Gasteiger partial charge in [-0.15, -0.1) is 0 Å². The van der Waals surface area contributed by atoms with E-state index in [2.05, 4.69) is 0 Å². The number of hydrogen-bond donors (Lipinski definition) is 1. The zero-order valence-corrected chi connectivity index (χ0v) is 13.3.